The molecule has 0 N–H and O–H groups in total. The van der Waals surface area contributed by atoms with Crippen molar-refractivity contribution in [2.24, 2.45) is 0 Å². The Hall–Kier alpha value is -1.31. The number of benzene rings is 1. The first-order valence-corrected chi connectivity index (χ1v) is 6.05. The molecule has 1 aromatic carbocycles. The minimum Gasteiger partial charge on any atom is -0.422 e. The number of rotatable bonds is 6. The second kappa shape index (κ2) is 5.54. The van der Waals surface area contributed by atoms with Gasteiger partial charge in [-0.2, -0.15) is 0 Å². The Morgan fingerprint density at radius 1 is 1.27 bits per heavy atom. The quantitative estimate of drug-likeness (QED) is 0.547. The van der Waals surface area contributed by atoms with E-state index in [-0.39, 0.29) is 6.61 Å². The Morgan fingerprint density at radius 3 is 2.47 bits per heavy atom. The van der Waals surface area contributed by atoms with Crippen LogP contribution in [0.25, 0.3) is 0 Å². The fourth-order valence-corrected chi connectivity index (χ4v) is 1.86. The number of hydrogen-bond donors (Lipinski definition) is 0. The van der Waals surface area contributed by atoms with Crippen LogP contribution in [0.2, 0.25) is 0 Å². The lowest BCUT2D eigenvalue weighted by molar-refractivity contribution is 0.303. The Kier molecular flexibility index (Phi) is 4.35. The number of hydrogen-bond acceptors (Lipinski definition) is 3. The fourth-order valence-electron chi connectivity index (χ4n) is 0.901. The van der Waals surface area contributed by atoms with Crippen LogP contribution in [0.15, 0.2) is 55.4 Å². The van der Waals surface area contributed by atoms with E-state index in [1.54, 1.807) is 24.3 Å². The molecule has 0 spiro atoms. The average molecular weight is 224 g/mol. The van der Waals surface area contributed by atoms with E-state index in [9.17, 15) is 4.57 Å². The second-order valence-electron chi connectivity index (χ2n) is 2.71. The third-order valence-electron chi connectivity index (χ3n) is 1.57. The first-order valence-electron chi connectivity index (χ1n) is 4.43. The molecule has 0 saturated heterocycles. The lowest BCUT2D eigenvalue weighted by Crippen LogP contribution is -1.95. The summed E-state index contributed by atoms with van der Waals surface area (Å²) in [7, 11) is -3.25. The summed E-state index contributed by atoms with van der Waals surface area (Å²) in [5, 5.41) is 0. The van der Waals surface area contributed by atoms with Crippen LogP contribution in [0.3, 0.4) is 0 Å². The molecule has 1 aromatic rings. The van der Waals surface area contributed by atoms with E-state index in [1.807, 2.05) is 6.07 Å². The molecule has 0 amide bonds. The smallest absolute Gasteiger partial charge is 0.403 e. The summed E-state index contributed by atoms with van der Waals surface area (Å²) in [4.78, 5) is 0. The van der Waals surface area contributed by atoms with Crippen molar-refractivity contribution in [3.63, 3.8) is 0 Å². The van der Waals surface area contributed by atoms with Crippen molar-refractivity contribution in [2.45, 2.75) is 0 Å². The van der Waals surface area contributed by atoms with E-state index in [0.29, 0.717) is 5.75 Å². The zero-order valence-electron chi connectivity index (χ0n) is 8.33. The first-order chi connectivity index (χ1) is 7.20. The van der Waals surface area contributed by atoms with Gasteiger partial charge >= 0.3 is 7.60 Å². The highest BCUT2D eigenvalue weighted by Gasteiger charge is 2.20. The maximum absolute atomic E-state index is 11.9. The van der Waals surface area contributed by atoms with Gasteiger partial charge in [-0.3, -0.25) is 4.52 Å². The molecule has 3 nitrogen and oxygen atoms in total. The van der Waals surface area contributed by atoms with Gasteiger partial charge in [0.2, 0.25) is 0 Å². The van der Waals surface area contributed by atoms with Gasteiger partial charge in [0.15, 0.2) is 0 Å². The van der Waals surface area contributed by atoms with Crippen molar-refractivity contribution >= 4 is 7.60 Å². The summed E-state index contributed by atoms with van der Waals surface area (Å²) in [6.07, 6.45) is 1.50. The highest BCUT2D eigenvalue weighted by Crippen LogP contribution is 2.49. The van der Waals surface area contributed by atoms with Gasteiger partial charge in [-0.05, 0) is 12.1 Å². The van der Waals surface area contributed by atoms with Crippen LogP contribution in [0.1, 0.15) is 0 Å². The summed E-state index contributed by atoms with van der Waals surface area (Å²) < 4.78 is 22.1. The van der Waals surface area contributed by atoms with Crippen molar-refractivity contribution < 1.29 is 13.6 Å². The molecule has 15 heavy (non-hydrogen) atoms. The minimum absolute atomic E-state index is 0.163. The molecule has 0 heterocycles. The van der Waals surface area contributed by atoms with Crippen molar-refractivity contribution in [1.29, 1.82) is 0 Å². The van der Waals surface area contributed by atoms with Gasteiger partial charge in [-0.1, -0.05) is 30.9 Å². The number of para-hydroxylation sites is 1. The van der Waals surface area contributed by atoms with Gasteiger partial charge in [-0.25, -0.2) is 4.57 Å². The normalized spacial score (nSPS) is 13.9. The van der Waals surface area contributed by atoms with Gasteiger partial charge in [0, 0.05) is 5.82 Å². The van der Waals surface area contributed by atoms with Crippen LogP contribution in [-0.2, 0) is 9.09 Å². The SMILES string of the molecule is C=CCOP(=O)(C=C)Oc1ccccc1. The molecule has 0 radical (unpaired) electrons. The Balaban J connectivity index is 2.72. The van der Waals surface area contributed by atoms with Gasteiger partial charge in [0.25, 0.3) is 0 Å². The summed E-state index contributed by atoms with van der Waals surface area (Å²) in [5.41, 5.74) is 0. The maximum atomic E-state index is 11.9. The molecule has 0 fully saturated rings. The monoisotopic (exact) mass is 224 g/mol. The lowest BCUT2D eigenvalue weighted by Gasteiger charge is -2.14. The van der Waals surface area contributed by atoms with E-state index in [1.165, 1.54) is 11.9 Å². The summed E-state index contributed by atoms with van der Waals surface area (Å²) in [6, 6.07) is 8.82. The van der Waals surface area contributed by atoms with Gasteiger partial charge in [0.1, 0.15) is 5.75 Å². The molecule has 0 bridgehead atoms. The molecular formula is C11H13O3P. The van der Waals surface area contributed by atoms with Gasteiger partial charge < -0.3 is 4.52 Å². The molecule has 80 valence electrons. The standard InChI is InChI=1S/C11H13O3P/c1-3-10-13-15(12,4-2)14-11-8-6-5-7-9-11/h3-9H,1-2,10H2. The third-order valence-corrected chi connectivity index (χ3v) is 2.99. The van der Waals surface area contributed by atoms with Crippen LogP contribution in [0, 0.1) is 0 Å². The molecule has 0 aromatic heterocycles. The largest absolute Gasteiger partial charge is 0.422 e. The summed E-state index contributed by atoms with van der Waals surface area (Å²) in [6.45, 7) is 7.07. The third kappa shape index (κ3) is 3.74. The lowest BCUT2D eigenvalue weighted by atomic mass is 10.3. The zero-order valence-corrected chi connectivity index (χ0v) is 9.23. The van der Waals surface area contributed by atoms with Crippen LogP contribution in [0.5, 0.6) is 5.75 Å². The predicted octanol–water partition coefficient (Wildman–Crippen LogP) is 3.60. The van der Waals surface area contributed by atoms with E-state index < -0.39 is 7.60 Å². The van der Waals surface area contributed by atoms with E-state index >= 15 is 0 Å². The molecule has 1 unspecified atom stereocenters. The highest BCUT2D eigenvalue weighted by atomic mass is 31.2. The first kappa shape index (κ1) is 11.8. The molecule has 1 rings (SSSR count). The topological polar surface area (TPSA) is 35.5 Å². The molecule has 0 saturated carbocycles. The molecule has 0 aliphatic heterocycles. The van der Waals surface area contributed by atoms with Crippen LogP contribution < -0.4 is 4.52 Å². The molecular weight excluding hydrogens is 211 g/mol. The zero-order chi connectivity index (χ0) is 11.1. The predicted molar refractivity (Wildman–Crippen MR) is 61.0 cm³/mol. The van der Waals surface area contributed by atoms with E-state index in [2.05, 4.69) is 13.2 Å². The second-order valence-corrected chi connectivity index (χ2v) is 4.60. The van der Waals surface area contributed by atoms with Crippen LogP contribution in [0.4, 0.5) is 0 Å². The Morgan fingerprint density at radius 2 is 1.93 bits per heavy atom. The molecule has 1 atom stereocenters. The van der Waals surface area contributed by atoms with Gasteiger partial charge in [-0.15, -0.1) is 6.58 Å². The molecule has 0 aliphatic rings. The van der Waals surface area contributed by atoms with Crippen molar-refractivity contribution in [3.05, 3.63) is 55.4 Å². The minimum atomic E-state index is -3.25. The average Bonchev–Trinajstić information content (AvgIpc) is 2.28. The Bertz CT molecular complexity index is 373. The van der Waals surface area contributed by atoms with E-state index in [4.69, 9.17) is 9.05 Å². The summed E-state index contributed by atoms with van der Waals surface area (Å²) in [5.74, 6) is 1.67. The fraction of sp³-hybridized carbons (Fsp3) is 0.0909. The molecule has 0 aliphatic carbocycles. The summed E-state index contributed by atoms with van der Waals surface area (Å²) >= 11 is 0. The van der Waals surface area contributed by atoms with Crippen LogP contribution in [-0.4, -0.2) is 6.61 Å². The Labute approximate surface area is 89.6 Å². The van der Waals surface area contributed by atoms with Gasteiger partial charge in [0.05, 0.1) is 6.61 Å². The van der Waals surface area contributed by atoms with Crippen molar-refractivity contribution in [3.8, 4) is 5.75 Å². The highest BCUT2D eigenvalue weighted by molar-refractivity contribution is 7.57. The van der Waals surface area contributed by atoms with E-state index in [0.717, 1.165) is 0 Å². The van der Waals surface area contributed by atoms with Crippen molar-refractivity contribution in [2.75, 3.05) is 6.61 Å². The molecule has 4 heteroatoms. The van der Waals surface area contributed by atoms with Crippen molar-refractivity contribution in [1.82, 2.24) is 0 Å². The van der Waals surface area contributed by atoms with Crippen LogP contribution >= 0.6 is 7.60 Å². The maximum Gasteiger partial charge on any atom is 0.403 e.